The first-order valence-electron chi connectivity index (χ1n) is 35.4. The number of hydrogen-bond acceptors (Lipinski definition) is 6. The van der Waals surface area contributed by atoms with Crippen molar-refractivity contribution in [2.24, 2.45) is 0 Å². The molecule has 0 aliphatic rings. The van der Waals surface area contributed by atoms with Crippen molar-refractivity contribution in [2.45, 2.75) is 348 Å². The summed E-state index contributed by atoms with van der Waals surface area (Å²) in [4.78, 5) is 38.5. The first-order valence-corrected chi connectivity index (χ1v) is 35.4. The topological polar surface area (TPSA) is 78.9 Å². The second kappa shape index (κ2) is 70.6. The normalized spacial score (nSPS) is 12.8. The quantitative estimate of drug-likeness (QED) is 0.0261. The van der Waals surface area contributed by atoms with Crippen molar-refractivity contribution >= 4 is 17.9 Å². The van der Waals surface area contributed by atoms with Gasteiger partial charge >= 0.3 is 17.9 Å². The van der Waals surface area contributed by atoms with Crippen molar-refractivity contribution in [3.8, 4) is 0 Å². The number of hydrogen-bond donors (Lipinski definition) is 0. The third-order valence-corrected chi connectivity index (χ3v) is 15.2. The van der Waals surface area contributed by atoms with E-state index in [0.29, 0.717) is 19.3 Å². The summed E-state index contributed by atoms with van der Waals surface area (Å²) in [5, 5.41) is 0. The van der Waals surface area contributed by atoms with Crippen molar-refractivity contribution < 1.29 is 28.6 Å². The summed E-state index contributed by atoms with van der Waals surface area (Å²) in [5.41, 5.74) is 0. The molecule has 0 radical (unpaired) electrons. The van der Waals surface area contributed by atoms with Crippen LogP contribution in [0.4, 0.5) is 0 Å². The molecule has 1 unspecified atom stereocenters. The SMILES string of the molecule is CC/C=C\C/C=C\C/C=C\C/C=C\CCCCCCCCCCCCCCCCCCCCC(=O)OCC(COC(=O)CCCCCCCCC/C=C\C/C=C\CCCCC)OC(=O)CCCCCCCCC/C=C\C/C=C\C/C=C\CC. The molecule has 0 rings (SSSR count). The van der Waals surface area contributed by atoms with Crippen molar-refractivity contribution in [3.05, 3.63) is 109 Å². The van der Waals surface area contributed by atoms with Gasteiger partial charge in [-0.1, -0.05) is 310 Å². The number of carbonyl (C=O) groups is 3. The maximum atomic E-state index is 12.9. The van der Waals surface area contributed by atoms with Crippen LogP contribution in [0.5, 0.6) is 0 Å². The molecule has 83 heavy (non-hydrogen) atoms. The molecule has 0 heterocycles. The summed E-state index contributed by atoms with van der Waals surface area (Å²) in [6.45, 7) is 6.42. The zero-order valence-corrected chi connectivity index (χ0v) is 54.7. The van der Waals surface area contributed by atoms with Crippen LogP contribution in [0, 0.1) is 0 Å². The van der Waals surface area contributed by atoms with Gasteiger partial charge in [0, 0.05) is 19.3 Å². The highest BCUT2D eigenvalue weighted by atomic mass is 16.6. The Morgan fingerprint density at radius 2 is 0.470 bits per heavy atom. The second-order valence-electron chi connectivity index (χ2n) is 23.4. The molecular formula is C77H132O6. The molecule has 1 atom stereocenters. The Morgan fingerprint density at radius 1 is 0.253 bits per heavy atom. The zero-order chi connectivity index (χ0) is 59.9. The molecule has 0 bridgehead atoms. The van der Waals surface area contributed by atoms with E-state index in [-0.39, 0.29) is 31.1 Å². The minimum atomic E-state index is -0.788. The molecule has 0 saturated heterocycles. The minimum absolute atomic E-state index is 0.0824. The van der Waals surface area contributed by atoms with Crippen molar-refractivity contribution in [2.75, 3.05) is 13.2 Å². The van der Waals surface area contributed by atoms with E-state index < -0.39 is 6.10 Å². The Hall–Kier alpha value is -3.93. The molecular weight excluding hydrogens is 1020 g/mol. The lowest BCUT2D eigenvalue weighted by Crippen LogP contribution is -2.30. The van der Waals surface area contributed by atoms with Crippen LogP contribution in [0.1, 0.15) is 342 Å². The third-order valence-electron chi connectivity index (χ3n) is 15.2. The molecule has 0 aromatic rings. The van der Waals surface area contributed by atoms with Gasteiger partial charge in [0.05, 0.1) is 0 Å². The molecule has 0 aliphatic heterocycles. The first kappa shape index (κ1) is 79.1. The average Bonchev–Trinajstić information content (AvgIpc) is 3.49. The Labute approximate surface area is 514 Å². The van der Waals surface area contributed by atoms with Crippen LogP contribution in [0.25, 0.3) is 0 Å². The molecule has 0 saturated carbocycles. The van der Waals surface area contributed by atoms with Gasteiger partial charge in [-0.15, -0.1) is 0 Å². The van der Waals surface area contributed by atoms with Gasteiger partial charge in [-0.05, 0) is 122 Å². The van der Waals surface area contributed by atoms with Crippen LogP contribution in [0.3, 0.4) is 0 Å². The maximum absolute atomic E-state index is 12.9. The molecule has 0 aromatic heterocycles. The lowest BCUT2D eigenvalue weighted by molar-refractivity contribution is -0.167. The molecule has 6 heteroatoms. The summed E-state index contributed by atoms with van der Waals surface area (Å²) < 4.78 is 17.0. The first-order chi connectivity index (χ1) is 41.0. The van der Waals surface area contributed by atoms with Crippen molar-refractivity contribution in [1.29, 1.82) is 0 Å². The Bertz CT molecular complexity index is 1660. The van der Waals surface area contributed by atoms with Crippen LogP contribution in [0.15, 0.2) is 109 Å². The van der Waals surface area contributed by atoms with E-state index in [1.807, 2.05) is 0 Å². The lowest BCUT2D eigenvalue weighted by Gasteiger charge is -2.18. The standard InChI is InChI=1S/C77H132O6/c1-4-7-10-13-16-19-22-25-28-31-32-33-34-35-36-37-38-39-40-41-42-43-44-47-49-52-55-58-61-64-67-70-76(79)82-73-74(83-77(80)71-68-65-62-59-56-53-50-46-30-27-24-21-18-15-12-9-6-3)72-81-75(78)69-66-63-60-57-54-51-48-45-29-26-23-20-17-14-11-8-5-2/h7,9-10,12,16-21,25-30,32-33,74H,4-6,8,11,13-15,22-24,31,34-73H2,1-3H3/b10-7-,12-9-,19-16-,20-17-,21-18-,28-25-,29-26-,30-27-,33-32-. The van der Waals surface area contributed by atoms with Crippen LogP contribution in [-0.4, -0.2) is 37.2 Å². The second-order valence-corrected chi connectivity index (χ2v) is 23.4. The van der Waals surface area contributed by atoms with E-state index in [9.17, 15) is 14.4 Å². The van der Waals surface area contributed by atoms with Gasteiger partial charge in [-0.25, -0.2) is 0 Å². The van der Waals surface area contributed by atoms with Crippen LogP contribution in [0.2, 0.25) is 0 Å². The monoisotopic (exact) mass is 1150 g/mol. The predicted molar refractivity (Wildman–Crippen MR) is 362 cm³/mol. The third kappa shape index (κ3) is 68.7. The van der Waals surface area contributed by atoms with Gasteiger partial charge in [0.2, 0.25) is 0 Å². The molecule has 476 valence electrons. The molecule has 0 aliphatic carbocycles. The highest BCUT2D eigenvalue weighted by molar-refractivity contribution is 5.71. The minimum Gasteiger partial charge on any atom is -0.462 e. The number of allylic oxidation sites excluding steroid dienone is 18. The van der Waals surface area contributed by atoms with Gasteiger partial charge in [0.15, 0.2) is 6.10 Å². The summed E-state index contributed by atoms with van der Waals surface area (Å²) in [6.07, 6.45) is 96.9. The van der Waals surface area contributed by atoms with Crippen LogP contribution >= 0.6 is 0 Å². The number of unbranched alkanes of at least 4 members (excludes halogenated alkanes) is 35. The van der Waals surface area contributed by atoms with E-state index in [1.54, 1.807) is 0 Å². The average molecular weight is 1150 g/mol. The maximum Gasteiger partial charge on any atom is 0.306 e. The summed E-state index contributed by atoms with van der Waals surface area (Å²) >= 11 is 0. The smallest absolute Gasteiger partial charge is 0.306 e. The van der Waals surface area contributed by atoms with Gasteiger partial charge < -0.3 is 14.2 Å². The number of rotatable bonds is 64. The molecule has 0 fully saturated rings. The van der Waals surface area contributed by atoms with Gasteiger partial charge in [0.25, 0.3) is 0 Å². The van der Waals surface area contributed by atoms with E-state index in [2.05, 4.69) is 130 Å². The summed E-state index contributed by atoms with van der Waals surface area (Å²) in [7, 11) is 0. The molecule has 0 amide bonds. The number of carbonyl (C=O) groups excluding carboxylic acids is 3. The predicted octanol–water partition coefficient (Wildman–Crippen LogP) is 24.6. The Morgan fingerprint density at radius 3 is 0.735 bits per heavy atom. The van der Waals surface area contributed by atoms with Crippen LogP contribution < -0.4 is 0 Å². The van der Waals surface area contributed by atoms with E-state index in [1.165, 1.54) is 180 Å². The van der Waals surface area contributed by atoms with Gasteiger partial charge in [0.1, 0.15) is 13.2 Å². The Kier molecular flexibility index (Phi) is 67.2. The van der Waals surface area contributed by atoms with Crippen molar-refractivity contribution in [1.82, 2.24) is 0 Å². The van der Waals surface area contributed by atoms with E-state index in [0.717, 1.165) is 122 Å². The summed E-state index contributed by atoms with van der Waals surface area (Å²) in [5.74, 6) is -0.885. The molecule has 0 N–H and O–H groups in total. The molecule has 6 nitrogen and oxygen atoms in total. The fraction of sp³-hybridized carbons (Fsp3) is 0.727. The Balaban J connectivity index is 4.25. The fourth-order valence-electron chi connectivity index (χ4n) is 10.0. The molecule has 0 aromatic carbocycles. The van der Waals surface area contributed by atoms with Gasteiger partial charge in [-0.2, -0.15) is 0 Å². The summed E-state index contributed by atoms with van der Waals surface area (Å²) in [6, 6.07) is 0. The number of esters is 3. The van der Waals surface area contributed by atoms with E-state index in [4.69, 9.17) is 14.2 Å². The van der Waals surface area contributed by atoms with Gasteiger partial charge in [-0.3, -0.25) is 14.4 Å². The molecule has 0 spiro atoms. The largest absolute Gasteiger partial charge is 0.462 e. The highest BCUT2D eigenvalue weighted by Crippen LogP contribution is 2.17. The van der Waals surface area contributed by atoms with Crippen molar-refractivity contribution in [3.63, 3.8) is 0 Å². The zero-order valence-electron chi connectivity index (χ0n) is 54.7. The lowest BCUT2D eigenvalue weighted by atomic mass is 10.0. The van der Waals surface area contributed by atoms with E-state index >= 15 is 0 Å². The highest BCUT2D eigenvalue weighted by Gasteiger charge is 2.19. The van der Waals surface area contributed by atoms with Crippen LogP contribution in [-0.2, 0) is 28.6 Å². The number of ether oxygens (including phenoxy) is 3. The fourth-order valence-corrected chi connectivity index (χ4v) is 10.0.